The van der Waals surface area contributed by atoms with Gasteiger partial charge in [-0.15, -0.1) is 0 Å². The molecule has 1 aliphatic heterocycles. The van der Waals surface area contributed by atoms with Gasteiger partial charge in [0, 0.05) is 19.8 Å². The van der Waals surface area contributed by atoms with Gasteiger partial charge in [-0.25, -0.2) is 0 Å². The average Bonchev–Trinajstić information content (AvgIpc) is 2.93. The van der Waals surface area contributed by atoms with Crippen molar-refractivity contribution < 1.29 is 9.59 Å². The van der Waals surface area contributed by atoms with Crippen molar-refractivity contribution in [2.75, 3.05) is 32.5 Å². The fraction of sp³-hybridized carbons (Fsp3) is 0.579. The molecule has 1 saturated heterocycles. The van der Waals surface area contributed by atoms with Gasteiger partial charge in [0.2, 0.25) is 11.8 Å². The number of hydrogen-bond acceptors (Lipinski definition) is 3. The first-order valence-electron chi connectivity index (χ1n) is 8.54. The number of likely N-dealkylation sites (N-methyl/N-ethyl adjacent to an activating group) is 1. The molecule has 2 amide bonds. The lowest BCUT2D eigenvalue weighted by atomic mass is 9.86. The molecule has 1 fully saturated rings. The molecule has 1 aliphatic rings. The van der Waals surface area contributed by atoms with E-state index in [2.05, 4.69) is 26.1 Å². The van der Waals surface area contributed by atoms with Gasteiger partial charge >= 0.3 is 0 Å². The highest BCUT2D eigenvalue weighted by Crippen LogP contribution is 2.29. The second kappa shape index (κ2) is 7.34. The molecule has 132 valence electrons. The molecule has 1 heterocycles. The van der Waals surface area contributed by atoms with E-state index in [1.165, 1.54) is 0 Å². The van der Waals surface area contributed by atoms with Crippen molar-refractivity contribution in [3.8, 4) is 0 Å². The Hall–Kier alpha value is -1.88. The standard InChI is InChI=1S/C19H29N3O2/c1-19(2,3)14-9-6-7-10-15(14)20-17(23)13-22-12-8-11-16(22)18(24)21(4)5/h6-7,9-10,16H,8,11-13H2,1-5H3,(H,20,23). The minimum Gasteiger partial charge on any atom is -0.347 e. The fourth-order valence-electron chi connectivity index (χ4n) is 3.21. The summed E-state index contributed by atoms with van der Waals surface area (Å²) in [5, 5.41) is 3.03. The van der Waals surface area contributed by atoms with Crippen LogP contribution in [0.25, 0.3) is 0 Å². The van der Waals surface area contributed by atoms with E-state index in [1.54, 1.807) is 19.0 Å². The first-order valence-corrected chi connectivity index (χ1v) is 8.54. The summed E-state index contributed by atoms with van der Waals surface area (Å²) in [4.78, 5) is 28.3. The predicted octanol–water partition coefficient (Wildman–Crippen LogP) is 2.48. The molecule has 0 aromatic heterocycles. The maximum Gasteiger partial charge on any atom is 0.239 e. The van der Waals surface area contributed by atoms with E-state index in [1.807, 2.05) is 29.2 Å². The molecule has 24 heavy (non-hydrogen) atoms. The zero-order valence-corrected chi connectivity index (χ0v) is 15.4. The third-order valence-corrected chi connectivity index (χ3v) is 4.45. The first-order chi connectivity index (χ1) is 11.2. The van der Waals surface area contributed by atoms with Gasteiger partial charge in [0.15, 0.2) is 0 Å². The highest BCUT2D eigenvalue weighted by atomic mass is 16.2. The largest absolute Gasteiger partial charge is 0.347 e. The van der Waals surface area contributed by atoms with Gasteiger partial charge in [-0.3, -0.25) is 14.5 Å². The highest BCUT2D eigenvalue weighted by Gasteiger charge is 2.32. The lowest BCUT2D eigenvalue weighted by Gasteiger charge is -2.26. The summed E-state index contributed by atoms with van der Waals surface area (Å²) in [5.74, 6) is 0.0144. The van der Waals surface area contributed by atoms with E-state index in [9.17, 15) is 9.59 Å². The summed E-state index contributed by atoms with van der Waals surface area (Å²) in [6.07, 6.45) is 1.78. The quantitative estimate of drug-likeness (QED) is 0.922. The molecule has 0 spiro atoms. The van der Waals surface area contributed by atoms with Gasteiger partial charge in [-0.05, 0) is 36.4 Å². The maximum atomic E-state index is 12.5. The highest BCUT2D eigenvalue weighted by molar-refractivity contribution is 5.93. The number of anilines is 1. The molecule has 0 aliphatic carbocycles. The number of carbonyl (C=O) groups is 2. The smallest absolute Gasteiger partial charge is 0.239 e. The number of para-hydroxylation sites is 1. The average molecular weight is 331 g/mol. The zero-order valence-electron chi connectivity index (χ0n) is 15.4. The fourth-order valence-corrected chi connectivity index (χ4v) is 3.21. The van der Waals surface area contributed by atoms with Crippen LogP contribution in [0, 0.1) is 0 Å². The SMILES string of the molecule is CN(C)C(=O)C1CCCN1CC(=O)Nc1ccccc1C(C)(C)C. The summed E-state index contributed by atoms with van der Waals surface area (Å²) in [6.45, 7) is 7.43. The van der Waals surface area contributed by atoms with Crippen LogP contribution in [-0.2, 0) is 15.0 Å². The monoisotopic (exact) mass is 331 g/mol. The van der Waals surface area contributed by atoms with Crippen LogP contribution in [0.2, 0.25) is 0 Å². The molecular formula is C19H29N3O2. The second-order valence-electron chi connectivity index (χ2n) is 7.70. The van der Waals surface area contributed by atoms with E-state index in [0.29, 0.717) is 0 Å². The van der Waals surface area contributed by atoms with Gasteiger partial charge in [0.05, 0.1) is 12.6 Å². The van der Waals surface area contributed by atoms with Gasteiger partial charge < -0.3 is 10.2 Å². The number of rotatable bonds is 4. The number of benzene rings is 1. The van der Waals surface area contributed by atoms with E-state index in [0.717, 1.165) is 30.6 Å². The Kier molecular flexibility index (Phi) is 5.65. The van der Waals surface area contributed by atoms with Crippen LogP contribution in [0.4, 0.5) is 5.69 Å². The van der Waals surface area contributed by atoms with Crippen molar-refractivity contribution in [3.63, 3.8) is 0 Å². The Bertz CT molecular complexity index is 605. The lowest BCUT2D eigenvalue weighted by molar-refractivity contribution is -0.133. The van der Waals surface area contributed by atoms with Crippen molar-refractivity contribution in [2.45, 2.75) is 45.1 Å². The van der Waals surface area contributed by atoms with Gasteiger partial charge in [-0.2, -0.15) is 0 Å². The minimum absolute atomic E-state index is 0.0407. The second-order valence-corrected chi connectivity index (χ2v) is 7.70. The van der Waals surface area contributed by atoms with Gasteiger partial charge in [-0.1, -0.05) is 39.0 Å². The number of nitrogens with one attached hydrogen (secondary N) is 1. The molecule has 1 unspecified atom stereocenters. The van der Waals surface area contributed by atoms with Gasteiger partial charge in [0.1, 0.15) is 0 Å². The Morgan fingerprint density at radius 3 is 2.54 bits per heavy atom. The van der Waals surface area contributed by atoms with Crippen molar-refractivity contribution in [2.24, 2.45) is 0 Å². The van der Waals surface area contributed by atoms with Crippen LogP contribution in [0.5, 0.6) is 0 Å². The van der Waals surface area contributed by atoms with E-state index >= 15 is 0 Å². The third kappa shape index (κ3) is 4.35. The summed E-state index contributed by atoms with van der Waals surface area (Å²) >= 11 is 0. The molecule has 5 nitrogen and oxygen atoms in total. The summed E-state index contributed by atoms with van der Waals surface area (Å²) < 4.78 is 0. The van der Waals surface area contributed by atoms with E-state index < -0.39 is 0 Å². The maximum absolute atomic E-state index is 12.5. The molecule has 5 heteroatoms. The number of hydrogen-bond donors (Lipinski definition) is 1. The van der Waals surface area contributed by atoms with Crippen LogP contribution in [0.3, 0.4) is 0 Å². The Labute approximate surface area is 145 Å². The van der Waals surface area contributed by atoms with Crippen LogP contribution in [-0.4, -0.2) is 54.8 Å². The van der Waals surface area contributed by atoms with Gasteiger partial charge in [0.25, 0.3) is 0 Å². The molecule has 0 radical (unpaired) electrons. The zero-order chi connectivity index (χ0) is 17.9. The number of carbonyl (C=O) groups excluding carboxylic acids is 2. The van der Waals surface area contributed by atoms with Crippen molar-refractivity contribution in [1.29, 1.82) is 0 Å². The van der Waals surface area contributed by atoms with Crippen LogP contribution in [0.15, 0.2) is 24.3 Å². The number of amides is 2. The van der Waals surface area contributed by atoms with Crippen molar-refractivity contribution >= 4 is 17.5 Å². The van der Waals surface area contributed by atoms with Crippen LogP contribution < -0.4 is 5.32 Å². The molecular weight excluding hydrogens is 302 g/mol. The van der Waals surface area contributed by atoms with E-state index in [-0.39, 0.29) is 29.8 Å². The molecule has 0 saturated carbocycles. The van der Waals surface area contributed by atoms with Crippen molar-refractivity contribution in [1.82, 2.24) is 9.80 Å². The molecule has 0 bridgehead atoms. The predicted molar refractivity (Wildman–Crippen MR) is 97.1 cm³/mol. The Morgan fingerprint density at radius 1 is 1.25 bits per heavy atom. The first kappa shape index (κ1) is 18.5. The lowest BCUT2D eigenvalue weighted by Crippen LogP contribution is -2.45. The molecule has 2 rings (SSSR count). The van der Waals surface area contributed by atoms with Crippen LogP contribution >= 0.6 is 0 Å². The normalized spacial score (nSPS) is 18.5. The minimum atomic E-state index is -0.177. The Morgan fingerprint density at radius 2 is 1.92 bits per heavy atom. The molecule has 1 aromatic rings. The van der Waals surface area contributed by atoms with E-state index in [4.69, 9.17) is 0 Å². The molecule has 1 atom stereocenters. The topological polar surface area (TPSA) is 52.7 Å². The Balaban J connectivity index is 2.05. The summed E-state index contributed by atoms with van der Waals surface area (Å²) in [7, 11) is 3.52. The van der Waals surface area contributed by atoms with Crippen molar-refractivity contribution in [3.05, 3.63) is 29.8 Å². The third-order valence-electron chi connectivity index (χ3n) is 4.45. The summed E-state index contributed by atoms with van der Waals surface area (Å²) in [5.41, 5.74) is 1.92. The number of likely N-dealkylation sites (tertiary alicyclic amines) is 1. The molecule has 1 aromatic carbocycles. The number of nitrogens with zero attached hydrogens (tertiary/aromatic N) is 2. The summed E-state index contributed by atoms with van der Waals surface area (Å²) in [6, 6.07) is 7.72. The molecule has 1 N–H and O–H groups in total. The van der Waals surface area contributed by atoms with Crippen LogP contribution in [0.1, 0.15) is 39.2 Å².